The van der Waals surface area contributed by atoms with E-state index in [1.54, 1.807) is 6.07 Å². The Labute approximate surface area is 95.5 Å². The van der Waals surface area contributed by atoms with E-state index in [0.717, 1.165) is 13.1 Å². The van der Waals surface area contributed by atoms with E-state index in [1.165, 1.54) is 12.3 Å². The Kier molecular flexibility index (Phi) is 4.22. The molecule has 0 bridgehead atoms. The molecule has 0 atom stereocenters. The first-order chi connectivity index (χ1) is 7.45. The second-order valence-electron chi connectivity index (χ2n) is 3.42. The molecule has 1 aromatic rings. The van der Waals surface area contributed by atoms with E-state index >= 15 is 0 Å². The molecular formula is C9H16N4O2S. The van der Waals surface area contributed by atoms with Crippen molar-refractivity contribution >= 4 is 15.8 Å². The summed E-state index contributed by atoms with van der Waals surface area (Å²) in [7, 11) is 0.0961. The summed E-state index contributed by atoms with van der Waals surface area (Å²) in [6, 6.07) is 3.09. The number of hydrogen-bond donors (Lipinski definition) is 2. The van der Waals surface area contributed by atoms with Gasteiger partial charge in [0.15, 0.2) is 0 Å². The zero-order valence-electron chi connectivity index (χ0n) is 9.34. The predicted molar refractivity (Wildman–Crippen MR) is 62.8 cm³/mol. The van der Waals surface area contributed by atoms with Crippen molar-refractivity contribution in [1.82, 2.24) is 10.3 Å². The summed E-state index contributed by atoms with van der Waals surface area (Å²) in [4.78, 5) is 5.98. The molecule has 0 aliphatic heterocycles. The SMILES string of the molecule is CNCCN(C)c1ccc(S(N)(=O)=O)cn1. The zero-order valence-corrected chi connectivity index (χ0v) is 10.2. The Bertz CT molecular complexity index is 429. The Morgan fingerprint density at radius 1 is 1.50 bits per heavy atom. The Morgan fingerprint density at radius 2 is 2.19 bits per heavy atom. The van der Waals surface area contributed by atoms with Crippen LogP contribution in [0.25, 0.3) is 0 Å². The Morgan fingerprint density at radius 3 is 2.62 bits per heavy atom. The van der Waals surface area contributed by atoms with Crippen molar-refractivity contribution in [3.05, 3.63) is 18.3 Å². The number of nitrogens with zero attached hydrogens (tertiary/aromatic N) is 2. The van der Waals surface area contributed by atoms with Gasteiger partial charge in [-0.3, -0.25) is 0 Å². The first-order valence-electron chi connectivity index (χ1n) is 4.79. The van der Waals surface area contributed by atoms with Gasteiger partial charge in [0.25, 0.3) is 0 Å². The van der Waals surface area contributed by atoms with Crippen LogP contribution in [0.3, 0.4) is 0 Å². The maximum Gasteiger partial charge on any atom is 0.239 e. The van der Waals surface area contributed by atoms with Crippen molar-refractivity contribution < 1.29 is 8.42 Å². The number of pyridine rings is 1. The Hall–Kier alpha value is -1.18. The molecule has 0 saturated carbocycles. The number of hydrogen-bond acceptors (Lipinski definition) is 5. The number of primary sulfonamides is 1. The van der Waals surface area contributed by atoms with Gasteiger partial charge < -0.3 is 10.2 Å². The molecule has 6 nitrogen and oxygen atoms in total. The second kappa shape index (κ2) is 5.24. The van der Waals surface area contributed by atoms with Crippen molar-refractivity contribution in [2.75, 3.05) is 32.1 Å². The average molecular weight is 244 g/mol. The van der Waals surface area contributed by atoms with Crippen molar-refractivity contribution in [2.24, 2.45) is 5.14 Å². The summed E-state index contributed by atoms with van der Waals surface area (Å²) < 4.78 is 22.0. The van der Waals surface area contributed by atoms with Crippen LogP contribution in [0, 0.1) is 0 Å². The van der Waals surface area contributed by atoms with Gasteiger partial charge in [-0.1, -0.05) is 0 Å². The van der Waals surface area contributed by atoms with Crippen LogP contribution in [-0.4, -0.2) is 40.6 Å². The lowest BCUT2D eigenvalue weighted by molar-refractivity contribution is 0.597. The monoisotopic (exact) mass is 244 g/mol. The first kappa shape index (κ1) is 12.9. The molecule has 0 fully saturated rings. The molecule has 0 radical (unpaired) electrons. The molecule has 0 amide bonds. The van der Waals surface area contributed by atoms with E-state index in [0.29, 0.717) is 5.82 Å². The molecule has 1 aromatic heterocycles. The third-order valence-electron chi connectivity index (χ3n) is 2.14. The van der Waals surface area contributed by atoms with Crippen LogP contribution >= 0.6 is 0 Å². The molecule has 1 rings (SSSR count). The highest BCUT2D eigenvalue weighted by Crippen LogP contribution is 2.11. The van der Waals surface area contributed by atoms with Gasteiger partial charge in [-0.25, -0.2) is 18.5 Å². The van der Waals surface area contributed by atoms with Crippen molar-refractivity contribution in [1.29, 1.82) is 0 Å². The van der Waals surface area contributed by atoms with Crippen molar-refractivity contribution in [2.45, 2.75) is 4.90 Å². The Balaban J connectivity index is 2.79. The number of likely N-dealkylation sites (N-methyl/N-ethyl adjacent to an activating group) is 2. The zero-order chi connectivity index (χ0) is 12.2. The molecule has 0 spiro atoms. The topological polar surface area (TPSA) is 88.3 Å². The average Bonchev–Trinajstić information content (AvgIpc) is 2.25. The van der Waals surface area contributed by atoms with E-state index in [9.17, 15) is 8.42 Å². The third kappa shape index (κ3) is 3.44. The summed E-state index contributed by atoms with van der Waals surface area (Å²) in [5, 5.41) is 7.99. The summed E-state index contributed by atoms with van der Waals surface area (Å²) in [6.07, 6.45) is 1.26. The molecule has 0 saturated heterocycles. The van der Waals surface area contributed by atoms with E-state index < -0.39 is 10.0 Å². The van der Waals surface area contributed by atoms with Crippen LogP contribution in [0.15, 0.2) is 23.2 Å². The van der Waals surface area contributed by atoms with Gasteiger partial charge in [0.1, 0.15) is 10.7 Å². The molecule has 0 unspecified atom stereocenters. The minimum absolute atomic E-state index is 0.0262. The minimum Gasteiger partial charge on any atom is -0.358 e. The van der Waals surface area contributed by atoms with Gasteiger partial charge in [-0.15, -0.1) is 0 Å². The van der Waals surface area contributed by atoms with Crippen LogP contribution in [0.4, 0.5) is 5.82 Å². The minimum atomic E-state index is -3.66. The highest BCUT2D eigenvalue weighted by atomic mass is 32.2. The normalized spacial score (nSPS) is 11.4. The smallest absolute Gasteiger partial charge is 0.239 e. The molecule has 90 valence electrons. The van der Waals surface area contributed by atoms with Gasteiger partial charge in [0.05, 0.1) is 0 Å². The van der Waals surface area contributed by atoms with Crippen molar-refractivity contribution in [3.8, 4) is 0 Å². The molecule has 0 aromatic carbocycles. The van der Waals surface area contributed by atoms with E-state index in [4.69, 9.17) is 5.14 Å². The van der Waals surface area contributed by atoms with E-state index in [-0.39, 0.29) is 4.90 Å². The predicted octanol–water partition coefficient (Wildman–Crippen LogP) is -0.615. The van der Waals surface area contributed by atoms with Crippen LogP contribution in [0.2, 0.25) is 0 Å². The van der Waals surface area contributed by atoms with Gasteiger partial charge in [-0.05, 0) is 19.2 Å². The van der Waals surface area contributed by atoms with Crippen molar-refractivity contribution in [3.63, 3.8) is 0 Å². The second-order valence-corrected chi connectivity index (χ2v) is 4.98. The number of sulfonamides is 1. The number of aromatic nitrogens is 1. The fourth-order valence-electron chi connectivity index (χ4n) is 1.16. The summed E-state index contributed by atoms with van der Waals surface area (Å²) in [5.74, 6) is 0.711. The molecule has 7 heteroatoms. The molecule has 1 heterocycles. The van der Waals surface area contributed by atoms with Gasteiger partial charge in [-0.2, -0.15) is 0 Å². The maximum absolute atomic E-state index is 11.0. The molecule has 3 N–H and O–H groups in total. The lowest BCUT2D eigenvalue weighted by Crippen LogP contribution is -2.27. The van der Waals surface area contributed by atoms with Gasteiger partial charge in [0, 0.05) is 26.3 Å². The largest absolute Gasteiger partial charge is 0.358 e. The molecular weight excluding hydrogens is 228 g/mol. The fraction of sp³-hybridized carbons (Fsp3) is 0.444. The van der Waals surface area contributed by atoms with Crippen LogP contribution < -0.4 is 15.4 Å². The number of anilines is 1. The summed E-state index contributed by atoms with van der Waals surface area (Å²) in [6.45, 7) is 1.62. The van der Waals surface area contributed by atoms with Crippen LogP contribution in [0.1, 0.15) is 0 Å². The standard InChI is InChI=1S/C9H16N4O2S/c1-11-5-6-13(2)9-4-3-8(7-12-9)16(10,14)15/h3-4,7,11H,5-6H2,1-2H3,(H2,10,14,15). The fourth-order valence-corrected chi connectivity index (χ4v) is 1.62. The highest BCUT2D eigenvalue weighted by Gasteiger charge is 2.08. The lowest BCUT2D eigenvalue weighted by atomic mass is 10.4. The molecule has 0 aliphatic carbocycles. The van der Waals surface area contributed by atoms with Gasteiger partial charge in [0.2, 0.25) is 10.0 Å². The molecule has 0 aliphatic rings. The van der Waals surface area contributed by atoms with E-state index in [2.05, 4.69) is 10.3 Å². The summed E-state index contributed by atoms with van der Waals surface area (Å²) in [5.41, 5.74) is 0. The molecule has 16 heavy (non-hydrogen) atoms. The van der Waals surface area contributed by atoms with Crippen LogP contribution in [0.5, 0.6) is 0 Å². The van der Waals surface area contributed by atoms with Gasteiger partial charge >= 0.3 is 0 Å². The third-order valence-corrected chi connectivity index (χ3v) is 3.04. The summed E-state index contributed by atoms with van der Waals surface area (Å²) >= 11 is 0. The number of rotatable bonds is 5. The number of nitrogens with two attached hydrogens (primary N) is 1. The van der Waals surface area contributed by atoms with Crippen LogP contribution in [-0.2, 0) is 10.0 Å². The van der Waals surface area contributed by atoms with E-state index in [1.807, 2.05) is 19.0 Å². The highest BCUT2D eigenvalue weighted by molar-refractivity contribution is 7.89. The maximum atomic E-state index is 11.0. The quantitative estimate of drug-likeness (QED) is 0.721. The lowest BCUT2D eigenvalue weighted by Gasteiger charge is -2.17. The number of nitrogens with one attached hydrogen (secondary N) is 1. The first-order valence-corrected chi connectivity index (χ1v) is 6.34.